The topological polar surface area (TPSA) is 78.9 Å². The van der Waals surface area contributed by atoms with Gasteiger partial charge in [0.25, 0.3) is 0 Å². The average molecular weight is 359 g/mol. The van der Waals surface area contributed by atoms with Crippen LogP contribution in [0.3, 0.4) is 0 Å². The number of urea groups is 1. The van der Waals surface area contributed by atoms with Gasteiger partial charge in [0.05, 0.1) is 7.11 Å². The van der Waals surface area contributed by atoms with Crippen LogP contribution in [0.15, 0.2) is 22.7 Å². The highest BCUT2D eigenvalue weighted by Gasteiger charge is 2.18. The molecule has 0 atom stereocenters. The van der Waals surface area contributed by atoms with Crippen molar-refractivity contribution >= 4 is 33.6 Å². The number of carboxylic acid groups (broad SMARTS) is 1. The van der Waals surface area contributed by atoms with Crippen molar-refractivity contribution < 1.29 is 19.4 Å². The Balaban J connectivity index is 2.85. The van der Waals surface area contributed by atoms with Crippen LogP contribution >= 0.6 is 15.9 Å². The summed E-state index contributed by atoms with van der Waals surface area (Å²) in [7, 11) is 1.53. The Kier molecular flexibility index (Phi) is 6.48. The van der Waals surface area contributed by atoms with E-state index in [9.17, 15) is 9.59 Å². The number of hydrogen-bond donors (Lipinski definition) is 2. The van der Waals surface area contributed by atoms with E-state index >= 15 is 0 Å². The lowest BCUT2D eigenvalue weighted by Crippen LogP contribution is -2.40. The van der Waals surface area contributed by atoms with Crippen LogP contribution in [0.2, 0.25) is 0 Å². The Morgan fingerprint density at radius 2 is 2.05 bits per heavy atom. The highest BCUT2D eigenvalue weighted by molar-refractivity contribution is 9.10. The largest absolute Gasteiger partial charge is 0.497 e. The minimum Gasteiger partial charge on any atom is -0.497 e. The van der Waals surface area contributed by atoms with Crippen molar-refractivity contribution in [2.45, 2.75) is 13.8 Å². The van der Waals surface area contributed by atoms with Gasteiger partial charge in [-0.25, -0.2) is 4.79 Å². The number of carbonyl (C=O) groups is 2. The molecule has 1 aromatic rings. The predicted octanol–water partition coefficient (Wildman–Crippen LogP) is 3.03. The molecule has 0 fully saturated rings. The molecule has 0 unspecified atom stereocenters. The number of benzene rings is 1. The molecule has 0 heterocycles. The highest BCUT2D eigenvalue weighted by atomic mass is 79.9. The molecule has 0 aliphatic heterocycles. The molecule has 0 aliphatic rings. The van der Waals surface area contributed by atoms with Crippen molar-refractivity contribution in [2.24, 2.45) is 5.92 Å². The fourth-order valence-electron chi connectivity index (χ4n) is 1.78. The van der Waals surface area contributed by atoms with E-state index in [1.807, 2.05) is 13.8 Å². The Morgan fingerprint density at radius 1 is 1.38 bits per heavy atom. The summed E-state index contributed by atoms with van der Waals surface area (Å²) in [6.45, 7) is 3.87. The average Bonchev–Trinajstić information content (AvgIpc) is 2.35. The van der Waals surface area contributed by atoms with Gasteiger partial charge in [0.15, 0.2) is 0 Å². The number of ether oxygens (including phenoxy) is 1. The van der Waals surface area contributed by atoms with E-state index < -0.39 is 12.0 Å². The number of nitrogens with one attached hydrogen (secondary N) is 1. The van der Waals surface area contributed by atoms with Crippen LogP contribution in [0, 0.1) is 5.92 Å². The molecule has 2 N–H and O–H groups in total. The zero-order valence-electron chi connectivity index (χ0n) is 12.2. The van der Waals surface area contributed by atoms with Crippen molar-refractivity contribution in [3.05, 3.63) is 22.7 Å². The monoisotopic (exact) mass is 358 g/mol. The molecule has 0 saturated heterocycles. The van der Waals surface area contributed by atoms with Gasteiger partial charge in [-0.15, -0.1) is 0 Å². The third kappa shape index (κ3) is 6.03. The first kappa shape index (κ1) is 17.3. The maximum absolute atomic E-state index is 12.2. The van der Waals surface area contributed by atoms with E-state index in [4.69, 9.17) is 9.84 Å². The zero-order chi connectivity index (χ0) is 16.0. The van der Waals surface area contributed by atoms with Gasteiger partial charge in [-0.05, 0) is 18.1 Å². The van der Waals surface area contributed by atoms with Gasteiger partial charge >= 0.3 is 12.0 Å². The maximum Gasteiger partial charge on any atom is 0.323 e. The minimum atomic E-state index is -1.04. The van der Waals surface area contributed by atoms with Crippen LogP contribution in [0.4, 0.5) is 10.5 Å². The number of hydrogen-bond acceptors (Lipinski definition) is 3. The van der Waals surface area contributed by atoms with Crippen LogP contribution < -0.4 is 10.1 Å². The number of carboxylic acids is 1. The van der Waals surface area contributed by atoms with E-state index in [0.717, 1.165) is 4.47 Å². The SMILES string of the molecule is COc1cc(Br)cc(NC(=O)N(CC(=O)O)CC(C)C)c1. The van der Waals surface area contributed by atoms with E-state index in [1.54, 1.807) is 18.2 Å². The molecule has 0 aliphatic carbocycles. The van der Waals surface area contributed by atoms with Gasteiger partial charge in [-0.3, -0.25) is 4.79 Å². The van der Waals surface area contributed by atoms with Crippen LogP contribution in [-0.4, -0.2) is 42.2 Å². The van der Waals surface area contributed by atoms with Crippen LogP contribution in [0.1, 0.15) is 13.8 Å². The summed E-state index contributed by atoms with van der Waals surface area (Å²) in [5, 5.41) is 11.6. The van der Waals surface area contributed by atoms with E-state index in [0.29, 0.717) is 18.0 Å². The molecule has 0 aromatic heterocycles. The van der Waals surface area contributed by atoms with Crippen LogP contribution in [0.5, 0.6) is 5.75 Å². The van der Waals surface area contributed by atoms with Gasteiger partial charge in [-0.2, -0.15) is 0 Å². The lowest BCUT2D eigenvalue weighted by atomic mass is 10.2. The van der Waals surface area contributed by atoms with Crippen molar-refractivity contribution in [2.75, 3.05) is 25.5 Å². The zero-order valence-corrected chi connectivity index (χ0v) is 13.8. The Morgan fingerprint density at radius 3 is 2.57 bits per heavy atom. The van der Waals surface area contributed by atoms with Crippen molar-refractivity contribution in [3.8, 4) is 5.75 Å². The number of carbonyl (C=O) groups excluding carboxylic acids is 1. The van der Waals surface area contributed by atoms with E-state index in [1.165, 1.54) is 12.0 Å². The third-order valence-corrected chi connectivity index (χ3v) is 3.01. The molecule has 1 aromatic carbocycles. The molecule has 6 nitrogen and oxygen atoms in total. The Labute approximate surface area is 132 Å². The number of methoxy groups -OCH3 is 1. The quantitative estimate of drug-likeness (QED) is 0.818. The number of halogens is 1. The van der Waals surface area contributed by atoms with Crippen molar-refractivity contribution in [1.82, 2.24) is 4.90 Å². The molecule has 0 saturated carbocycles. The highest BCUT2D eigenvalue weighted by Crippen LogP contribution is 2.24. The van der Waals surface area contributed by atoms with Gasteiger partial charge in [0.2, 0.25) is 0 Å². The van der Waals surface area contributed by atoms with E-state index in [-0.39, 0.29) is 12.5 Å². The third-order valence-electron chi connectivity index (χ3n) is 2.56. The standard InChI is InChI=1S/C14H19BrN2O4/c1-9(2)7-17(8-13(18)19)14(20)16-11-4-10(15)5-12(6-11)21-3/h4-6,9H,7-8H2,1-3H3,(H,16,20)(H,18,19). The second-order valence-corrected chi connectivity index (χ2v) is 5.89. The fraction of sp³-hybridized carbons (Fsp3) is 0.429. The minimum absolute atomic E-state index is 0.173. The van der Waals surface area contributed by atoms with Crippen LogP contribution in [0.25, 0.3) is 0 Å². The lowest BCUT2D eigenvalue weighted by Gasteiger charge is -2.23. The maximum atomic E-state index is 12.2. The molecule has 7 heteroatoms. The molecule has 1 rings (SSSR count). The number of nitrogens with zero attached hydrogens (tertiary/aromatic N) is 1. The first-order chi connectivity index (χ1) is 9.81. The summed E-state index contributed by atoms with van der Waals surface area (Å²) in [5.74, 6) is -0.280. The van der Waals surface area contributed by atoms with Gasteiger partial charge in [0, 0.05) is 22.8 Å². The smallest absolute Gasteiger partial charge is 0.323 e. The molecule has 0 radical (unpaired) electrons. The van der Waals surface area contributed by atoms with Crippen molar-refractivity contribution in [3.63, 3.8) is 0 Å². The second-order valence-electron chi connectivity index (χ2n) is 4.98. The fourth-order valence-corrected chi connectivity index (χ4v) is 2.25. The summed E-state index contributed by atoms with van der Waals surface area (Å²) in [4.78, 5) is 24.3. The summed E-state index contributed by atoms with van der Waals surface area (Å²) in [5.41, 5.74) is 0.533. The Hall–Kier alpha value is -1.76. The lowest BCUT2D eigenvalue weighted by molar-refractivity contribution is -0.137. The molecule has 116 valence electrons. The summed E-state index contributed by atoms with van der Waals surface area (Å²) >= 11 is 3.32. The molecule has 21 heavy (non-hydrogen) atoms. The number of amides is 2. The Bertz CT molecular complexity index is 520. The first-order valence-corrected chi connectivity index (χ1v) is 7.23. The summed E-state index contributed by atoms with van der Waals surface area (Å²) < 4.78 is 5.87. The van der Waals surface area contributed by atoms with Gasteiger partial charge < -0.3 is 20.1 Å². The predicted molar refractivity (Wildman–Crippen MR) is 83.8 cm³/mol. The molecular formula is C14H19BrN2O4. The number of aliphatic carboxylic acids is 1. The normalized spacial score (nSPS) is 10.3. The molecule has 2 amide bonds. The summed E-state index contributed by atoms with van der Waals surface area (Å²) in [6.07, 6.45) is 0. The van der Waals surface area contributed by atoms with Crippen molar-refractivity contribution in [1.29, 1.82) is 0 Å². The second kappa shape index (κ2) is 7.87. The van der Waals surface area contributed by atoms with Crippen LogP contribution in [-0.2, 0) is 4.79 Å². The summed E-state index contributed by atoms with van der Waals surface area (Å²) in [6, 6.07) is 4.69. The molecule has 0 spiro atoms. The van der Waals surface area contributed by atoms with Gasteiger partial charge in [-0.1, -0.05) is 29.8 Å². The van der Waals surface area contributed by atoms with Gasteiger partial charge in [0.1, 0.15) is 12.3 Å². The number of rotatable bonds is 6. The molecular weight excluding hydrogens is 340 g/mol. The number of anilines is 1. The van der Waals surface area contributed by atoms with E-state index in [2.05, 4.69) is 21.2 Å². The molecule has 0 bridgehead atoms. The first-order valence-electron chi connectivity index (χ1n) is 6.44.